The van der Waals surface area contributed by atoms with Crippen LogP contribution in [0.1, 0.15) is 26.3 Å². The maximum atomic E-state index is 12.5. The molecular weight excluding hydrogens is 350 g/mol. The summed E-state index contributed by atoms with van der Waals surface area (Å²) in [7, 11) is 0. The molecule has 1 N–H and O–H groups in total. The maximum absolute atomic E-state index is 12.5. The highest BCUT2D eigenvalue weighted by atomic mass is 79.9. The third kappa shape index (κ3) is 4.69. The van der Waals surface area contributed by atoms with Crippen LogP contribution in [0.4, 0.5) is 4.79 Å². The van der Waals surface area contributed by atoms with Crippen LogP contribution in [-0.4, -0.2) is 47.1 Å². The van der Waals surface area contributed by atoms with Crippen molar-refractivity contribution in [2.24, 2.45) is 0 Å². The zero-order valence-electron chi connectivity index (χ0n) is 13.1. The Labute approximate surface area is 139 Å². The molecule has 1 unspecified atom stereocenters. The van der Waals surface area contributed by atoms with Crippen molar-refractivity contribution in [3.05, 3.63) is 34.3 Å². The molecule has 0 radical (unpaired) electrons. The van der Waals surface area contributed by atoms with Crippen LogP contribution in [-0.2, 0) is 16.0 Å². The lowest BCUT2D eigenvalue weighted by Gasteiger charge is -2.32. The molecule has 5 nitrogen and oxygen atoms in total. The zero-order valence-corrected chi connectivity index (χ0v) is 14.7. The van der Waals surface area contributed by atoms with Crippen LogP contribution in [0.3, 0.4) is 0 Å². The van der Waals surface area contributed by atoms with Crippen molar-refractivity contribution in [1.29, 1.82) is 0 Å². The van der Waals surface area contributed by atoms with E-state index in [1.165, 1.54) is 0 Å². The van der Waals surface area contributed by atoms with Crippen LogP contribution < -0.4 is 0 Å². The lowest BCUT2D eigenvalue weighted by Crippen LogP contribution is -2.48. The molecule has 0 saturated carbocycles. The van der Waals surface area contributed by atoms with Crippen LogP contribution >= 0.6 is 15.9 Å². The molecule has 2 rings (SSSR count). The fraction of sp³-hybridized carbons (Fsp3) is 0.562. The topological polar surface area (TPSA) is 59.0 Å². The molecule has 1 amide bonds. The van der Waals surface area contributed by atoms with Gasteiger partial charge < -0.3 is 14.6 Å². The van der Waals surface area contributed by atoms with Crippen molar-refractivity contribution in [3.63, 3.8) is 0 Å². The molecule has 1 saturated heterocycles. The Bertz CT molecular complexity index is 512. The van der Waals surface area contributed by atoms with Crippen LogP contribution in [0, 0.1) is 0 Å². The van der Waals surface area contributed by atoms with Crippen molar-refractivity contribution >= 4 is 22.0 Å². The Morgan fingerprint density at radius 1 is 1.36 bits per heavy atom. The highest BCUT2D eigenvalue weighted by molar-refractivity contribution is 9.10. The van der Waals surface area contributed by atoms with E-state index < -0.39 is 23.8 Å². The van der Waals surface area contributed by atoms with E-state index in [1.54, 1.807) is 4.90 Å². The molecule has 0 bridgehead atoms. The molecule has 1 aromatic carbocycles. The molecule has 1 heterocycles. The van der Waals surface area contributed by atoms with Gasteiger partial charge in [-0.1, -0.05) is 28.1 Å². The zero-order chi connectivity index (χ0) is 16.3. The number of nitrogens with zero attached hydrogens (tertiary/aromatic N) is 1. The summed E-state index contributed by atoms with van der Waals surface area (Å²) >= 11 is 3.39. The Morgan fingerprint density at radius 2 is 2.00 bits per heavy atom. The third-order valence-electron chi connectivity index (χ3n) is 3.32. The molecule has 1 aromatic rings. The lowest BCUT2D eigenvalue weighted by molar-refractivity contribution is 0.000998. The lowest BCUT2D eigenvalue weighted by atomic mass is 10.1. The highest BCUT2D eigenvalue weighted by Crippen LogP contribution is 2.21. The Hall–Kier alpha value is -1.11. The van der Waals surface area contributed by atoms with Gasteiger partial charge in [0.2, 0.25) is 0 Å². The largest absolute Gasteiger partial charge is 0.444 e. The number of amides is 1. The number of ether oxygens (including phenoxy) is 2. The first-order chi connectivity index (χ1) is 10.3. The SMILES string of the molecule is CC(C)(C)OC(=O)N(Cc1ccc(Br)cc1)C1COC[C@H]1O. The molecule has 1 aliphatic heterocycles. The van der Waals surface area contributed by atoms with Gasteiger partial charge in [0.1, 0.15) is 11.7 Å². The van der Waals surface area contributed by atoms with E-state index in [0.717, 1.165) is 10.0 Å². The predicted molar refractivity (Wildman–Crippen MR) is 86.5 cm³/mol. The van der Waals surface area contributed by atoms with E-state index in [4.69, 9.17) is 9.47 Å². The van der Waals surface area contributed by atoms with E-state index in [2.05, 4.69) is 15.9 Å². The van der Waals surface area contributed by atoms with Gasteiger partial charge in [-0.05, 0) is 38.5 Å². The number of carbonyl (C=O) groups excluding carboxylic acids is 1. The van der Waals surface area contributed by atoms with Gasteiger partial charge in [0.25, 0.3) is 0 Å². The van der Waals surface area contributed by atoms with Crippen molar-refractivity contribution in [2.45, 2.75) is 45.1 Å². The summed E-state index contributed by atoms with van der Waals surface area (Å²) in [5.41, 5.74) is 0.382. The van der Waals surface area contributed by atoms with Crippen molar-refractivity contribution in [3.8, 4) is 0 Å². The summed E-state index contributed by atoms with van der Waals surface area (Å²) in [5, 5.41) is 10.0. The standard InChI is InChI=1S/C16H22BrNO4/c1-16(2,3)22-15(20)18(13-9-21-10-14(13)19)8-11-4-6-12(17)7-5-11/h4-7,13-14,19H,8-10H2,1-3H3/t13?,14-/m1/s1. The molecule has 0 aromatic heterocycles. The summed E-state index contributed by atoms with van der Waals surface area (Å²) < 4.78 is 11.7. The van der Waals surface area contributed by atoms with Gasteiger partial charge in [-0.2, -0.15) is 0 Å². The minimum absolute atomic E-state index is 0.240. The smallest absolute Gasteiger partial charge is 0.411 e. The van der Waals surface area contributed by atoms with Gasteiger partial charge in [-0.25, -0.2) is 4.79 Å². The normalized spacial score (nSPS) is 21.7. The molecule has 0 spiro atoms. The Balaban J connectivity index is 2.17. The average Bonchev–Trinajstić information content (AvgIpc) is 2.82. The number of aliphatic hydroxyl groups is 1. The third-order valence-corrected chi connectivity index (χ3v) is 3.84. The second-order valence-electron chi connectivity index (χ2n) is 6.41. The Morgan fingerprint density at radius 3 is 2.50 bits per heavy atom. The summed E-state index contributed by atoms with van der Waals surface area (Å²) in [6.45, 7) is 6.40. The van der Waals surface area contributed by atoms with E-state index in [1.807, 2.05) is 45.0 Å². The summed E-state index contributed by atoms with van der Waals surface area (Å²) in [5.74, 6) is 0. The van der Waals surface area contributed by atoms with Crippen molar-refractivity contribution in [2.75, 3.05) is 13.2 Å². The first-order valence-electron chi connectivity index (χ1n) is 7.26. The number of hydrogen-bond donors (Lipinski definition) is 1. The highest BCUT2D eigenvalue weighted by Gasteiger charge is 2.36. The minimum atomic E-state index is -0.692. The second-order valence-corrected chi connectivity index (χ2v) is 7.32. The van der Waals surface area contributed by atoms with E-state index in [-0.39, 0.29) is 6.61 Å². The van der Waals surface area contributed by atoms with E-state index >= 15 is 0 Å². The molecule has 1 aliphatic rings. The monoisotopic (exact) mass is 371 g/mol. The number of aliphatic hydroxyl groups excluding tert-OH is 1. The molecule has 0 aliphatic carbocycles. The molecule has 22 heavy (non-hydrogen) atoms. The summed E-state index contributed by atoms with van der Waals surface area (Å²) in [6.07, 6.45) is -1.13. The fourth-order valence-corrected chi connectivity index (χ4v) is 2.52. The van der Waals surface area contributed by atoms with Crippen LogP contribution in [0.2, 0.25) is 0 Å². The predicted octanol–water partition coefficient (Wildman–Crippen LogP) is 2.95. The Kier molecular flexibility index (Phi) is 5.47. The van der Waals surface area contributed by atoms with Gasteiger partial charge >= 0.3 is 6.09 Å². The molecule has 6 heteroatoms. The number of carbonyl (C=O) groups is 1. The van der Waals surface area contributed by atoms with E-state index in [9.17, 15) is 9.90 Å². The molecule has 2 atom stereocenters. The first-order valence-corrected chi connectivity index (χ1v) is 8.05. The minimum Gasteiger partial charge on any atom is -0.444 e. The van der Waals surface area contributed by atoms with Crippen LogP contribution in [0.25, 0.3) is 0 Å². The van der Waals surface area contributed by atoms with Gasteiger partial charge in [0.05, 0.1) is 19.3 Å². The number of hydrogen-bond acceptors (Lipinski definition) is 4. The quantitative estimate of drug-likeness (QED) is 0.887. The van der Waals surface area contributed by atoms with E-state index in [0.29, 0.717) is 13.2 Å². The fourth-order valence-electron chi connectivity index (χ4n) is 2.25. The molecule has 1 fully saturated rings. The average molecular weight is 372 g/mol. The summed E-state index contributed by atoms with van der Waals surface area (Å²) in [6, 6.07) is 7.32. The van der Waals surface area contributed by atoms with Gasteiger partial charge in [-0.15, -0.1) is 0 Å². The first kappa shape index (κ1) is 17.2. The van der Waals surface area contributed by atoms with Crippen molar-refractivity contribution < 1.29 is 19.4 Å². The number of benzene rings is 1. The molecular formula is C16H22BrNO4. The van der Waals surface area contributed by atoms with Gasteiger partial charge in [-0.3, -0.25) is 4.90 Å². The summed E-state index contributed by atoms with van der Waals surface area (Å²) in [4.78, 5) is 14.0. The van der Waals surface area contributed by atoms with Crippen LogP contribution in [0.5, 0.6) is 0 Å². The number of halogens is 1. The maximum Gasteiger partial charge on any atom is 0.411 e. The van der Waals surface area contributed by atoms with Crippen molar-refractivity contribution in [1.82, 2.24) is 4.90 Å². The molecule has 122 valence electrons. The number of rotatable bonds is 3. The second kappa shape index (κ2) is 6.98. The van der Waals surface area contributed by atoms with Gasteiger partial charge in [0, 0.05) is 11.0 Å². The van der Waals surface area contributed by atoms with Gasteiger partial charge in [0.15, 0.2) is 0 Å². The van der Waals surface area contributed by atoms with Crippen LogP contribution in [0.15, 0.2) is 28.7 Å².